The molecular formula is C28H29BrF2N6O2. The number of nitrogens with two attached hydrogens (primary N) is 1. The fourth-order valence-corrected chi connectivity index (χ4v) is 4.94. The number of likely N-dealkylation sites (tertiary alicyclic amines) is 1. The number of carbonyl (C=O) groups excluding carboxylic acids is 1. The van der Waals surface area contributed by atoms with Gasteiger partial charge in [0.25, 0.3) is 0 Å². The van der Waals surface area contributed by atoms with E-state index < -0.39 is 17.7 Å². The number of nitrogens with zero attached hydrogens (tertiary/aromatic N) is 4. The minimum Gasteiger partial charge on any atom is -0.383 e. The van der Waals surface area contributed by atoms with Gasteiger partial charge in [0, 0.05) is 38.2 Å². The van der Waals surface area contributed by atoms with Gasteiger partial charge in [0.05, 0.1) is 16.8 Å². The molecule has 1 saturated heterocycles. The predicted molar refractivity (Wildman–Crippen MR) is 150 cm³/mol. The van der Waals surface area contributed by atoms with Crippen molar-refractivity contribution in [3.05, 3.63) is 94.7 Å². The fraction of sp³-hybridized carbons (Fsp3) is 0.250. The molecule has 3 heterocycles. The van der Waals surface area contributed by atoms with Gasteiger partial charge in [-0.25, -0.2) is 18.3 Å². The predicted octanol–water partition coefficient (Wildman–Crippen LogP) is 5.59. The van der Waals surface area contributed by atoms with Crippen molar-refractivity contribution in [2.75, 3.05) is 38.7 Å². The Morgan fingerprint density at radius 2 is 1.95 bits per heavy atom. The van der Waals surface area contributed by atoms with E-state index in [-0.39, 0.29) is 0 Å². The number of pyridine rings is 1. The summed E-state index contributed by atoms with van der Waals surface area (Å²) in [6, 6.07) is 16.7. The maximum atomic E-state index is 13.1. The quantitative estimate of drug-likeness (QED) is 0.289. The van der Waals surface area contributed by atoms with Gasteiger partial charge in [0.2, 0.25) is 0 Å². The SMILES string of the molecule is COCCN1CCC(c2ccc(F)c(F)c2)C1.NC(=O)Nc1c(Br)c(-c2cccnc2)nn1-c1ccccc1. The zero-order valence-corrected chi connectivity index (χ0v) is 22.9. The van der Waals surface area contributed by atoms with Crippen LogP contribution >= 0.6 is 15.9 Å². The third-order valence-electron chi connectivity index (χ3n) is 6.30. The molecule has 1 unspecified atom stereocenters. The van der Waals surface area contributed by atoms with Crippen LogP contribution in [0.4, 0.5) is 19.4 Å². The third-order valence-corrected chi connectivity index (χ3v) is 7.06. The van der Waals surface area contributed by atoms with Gasteiger partial charge in [-0.05, 0) is 76.8 Å². The summed E-state index contributed by atoms with van der Waals surface area (Å²) in [4.78, 5) is 17.7. The number of hydrogen-bond donors (Lipinski definition) is 2. The van der Waals surface area contributed by atoms with Crippen molar-refractivity contribution in [3.63, 3.8) is 0 Å². The molecule has 2 amide bonds. The molecule has 3 N–H and O–H groups in total. The lowest BCUT2D eigenvalue weighted by Gasteiger charge is -2.15. The van der Waals surface area contributed by atoms with E-state index in [4.69, 9.17) is 10.5 Å². The zero-order valence-electron chi connectivity index (χ0n) is 21.4. The molecule has 39 heavy (non-hydrogen) atoms. The highest BCUT2D eigenvalue weighted by molar-refractivity contribution is 9.10. The van der Waals surface area contributed by atoms with Crippen LogP contribution < -0.4 is 11.1 Å². The number of anilines is 1. The van der Waals surface area contributed by atoms with Crippen molar-refractivity contribution in [1.29, 1.82) is 0 Å². The molecule has 4 aromatic rings. The number of amides is 2. The normalized spacial score (nSPS) is 15.0. The van der Waals surface area contributed by atoms with E-state index in [2.05, 4.69) is 36.2 Å². The molecule has 0 bridgehead atoms. The first-order chi connectivity index (χ1) is 18.9. The number of nitrogens with one attached hydrogen (secondary N) is 1. The average Bonchev–Trinajstić information content (AvgIpc) is 3.55. The number of ether oxygens (including phenoxy) is 1. The van der Waals surface area contributed by atoms with E-state index in [1.165, 1.54) is 12.1 Å². The summed E-state index contributed by atoms with van der Waals surface area (Å²) in [6.07, 6.45) is 4.39. The van der Waals surface area contributed by atoms with Gasteiger partial charge in [-0.15, -0.1) is 0 Å². The Hall–Kier alpha value is -3.67. The minimum atomic E-state index is -0.775. The Kier molecular flexibility index (Phi) is 9.74. The number of carbonyl (C=O) groups is 1. The second kappa shape index (κ2) is 13.4. The molecule has 0 spiro atoms. The molecule has 11 heteroatoms. The van der Waals surface area contributed by atoms with Crippen LogP contribution in [0.25, 0.3) is 16.9 Å². The second-order valence-electron chi connectivity index (χ2n) is 8.94. The molecule has 204 valence electrons. The van der Waals surface area contributed by atoms with Gasteiger partial charge in [0.15, 0.2) is 17.5 Å². The van der Waals surface area contributed by atoms with E-state index >= 15 is 0 Å². The van der Waals surface area contributed by atoms with Gasteiger partial charge in [0.1, 0.15) is 5.69 Å². The minimum absolute atomic E-state index is 0.307. The smallest absolute Gasteiger partial charge is 0.317 e. The molecule has 2 aromatic heterocycles. The van der Waals surface area contributed by atoms with Crippen LogP contribution in [0.2, 0.25) is 0 Å². The van der Waals surface area contributed by atoms with E-state index in [0.29, 0.717) is 28.5 Å². The van der Waals surface area contributed by atoms with Gasteiger partial charge in [-0.1, -0.05) is 24.3 Å². The number of aromatic nitrogens is 3. The van der Waals surface area contributed by atoms with Crippen LogP contribution in [-0.2, 0) is 4.74 Å². The highest BCUT2D eigenvalue weighted by Gasteiger charge is 2.24. The summed E-state index contributed by atoms with van der Waals surface area (Å²) >= 11 is 3.48. The number of methoxy groups -OCH3 is 1. The number of urea groups is 1. The number of rotatable bonds is 7. The van der Waals surface area contributed by atoms with Gasteiger partial charge in [-0.2, -0.15) is 5.10 Å². The maximum absolute atomic E-state index is 13.1. The molecular weight excluding hydrogens is 570 g/mol. The summed E-state index contributed by atoms with van der Waals surface area (Å²) in [5.74, 6) is -0.750. The van der Waals surface area contributed by atoms with E-state index in [1.807, 2.05) is 42.5 Å². The molecule has 0 aliphatic carbocycles. The Morgan fingerprint density at radius 1 is 1.15 bits per heavy atom. The summed E-state index contributed by atoms with van der Waals surface area (Å²) in [5.41, 5.74) is 8.46. The standard InChI is InChI=1S/C15H12BrN5O.C13H17F2NO/c16-12-13(10-5-4-8-18-9-10)20-21(14(12)19-15(17)22)11-6-2-1-3-7-11;1-17-7-6-16-5-4-11(9-16)10-2-3-12(14)13(15)8-10/h1-9H,(H3,17,19,22);2-3,8,11H,4-7,9H2,1H3. The summed E-state index contributed by atoms with van der Waals surface area (Å²) in [5, 5.41) is 7.17. The molecule has 0 saturated carbocycles. The van der Waals surface area contributed by atoms with Crippen LogP contribution in [0.1, 0.15) is 17.9 Å². The molecule has 1 fully saturated rings. The van der Waals surface area contributed by atoms with Crippen molar-refractivity contribution < 1.29 is 18.3 Å². The first-order valence-corrected chi connectivity index (χ1v) is 13.1. The van der Waals surface area contributed by atoms with E-state index in [1.54, 1.807) is 30.3 Å². The lowest BCUT2D eigenvalue weighted by atomic mass is 9.98. The first-order valence-electron chi connectivity index (χ1n) is 12.3. The van der Waals surface area contributed by atoms with Gasteiger partial charge in [-0.3, -0.25) is 10.3 Å². The number of primary amides is 1. The average molecular weight is 599 g/mol. The molecule has 8 nitrogen and oxygen atoms in total. The van der Waals surface area contributed by atoms with Crippen molar-refractivity contribution in [3.8, 4) is 16.9 Å². The van der Waals surface area contributed by atoms with E-state index in [0.717, 1.165) is 42.9 Å². The van der Waals surface area contributed by atoms with Crippen LogP contribution in [0, 0.1) is 11.6 Å². The Bertz CT molecular complexity index is 1390. The number of para-hydroxylation sites is 1. The highest BCUT2D eigenvalue weighted by Crippen LogP contribution is 2.35. The van der Waals surface area contributed by atoms with Crippen LogP contribution in [-0.4, -0.2) is 59.0 Å². The van der Waals surface area contributed by atoms with Crippen molar-refractivity contribution >= 4 is 27.8 Å². The van der Waals surface area contributed by atoms with Crippen molar-refractivity contribution in [2.45, 2.75) is 12.3 Å². The molecule has 1 aliphatic rings. The summed E-state index contributed by atoms with van der Waals surface area (Å²) in [6.45, 7) is 3.50. The van der Waals surface area contributed by atoms with Crippen LogP contribution in [0.15, 0.2) is 77.5 Å². The molecule has 1 atom stereocenters. The van der Waals surface area contributed by atoms with Crippen molar-refractivity contribution in [1.82, 2.24) is 19.7 Å². The van der Waals surface area contributed by atoms with Gasteiger partial charge >= 0.3 is 6.03 Å². The largest absolute Gasteiger partial charge is 0.383 e. The van der Waals surface area contributed by atoms with Crippen LogP contribution in [0.5, 0.6) is 0 Å². The lowest BCUT2D eigenvalue weighted by Crippen LogP contribution is -2.24. The number of halogens is 3. The van der Waals surface area contributed by atoms with Crippen molar-refractivity contribution in [2.24, 2.45) is 5.73 Å². The van der Waals surface area contributed by atoms with Crippen LogP contribution in [0.3, 0.4) is 0 Å². The topological polar surface area (TPSA) is 98.3 Å². The monoisotopic (exact) mass is 598 g/mol. The fourth-order valence-electron chi connectivity index (χ4n) is 4.36. The Morgan fingerprint density at radius 3 is 2.62 bits per heavy atom. The maximum Gasteiger partial charge on any atom is 0.317 e. The lowest BCUT2D eigenvalue weighted by molar-refractivity contribution is 0.160. The molecule has 1 aliphatic heterocycles. The Labute approximate surface area is 233 Å². The second-order valence-corrected chi connectivity index (χ2v) is 9.74. The molecule has 0 radical (unpaired) electrons. The highest BCUT2D eigenvalue weighted by atomic mass is 79.9. The third kappa shape index (κ3) is 7.25. The summed E-state index contributed by atoms with van der Waals surface area (Å²) in [7, 11) is 1.68. The van der Waals surface area contributed by atoms with Gasteiger partial charge < -0.3 is 15.4 Å². The zero-order chi connectivity index (χ0) is 27.8. The Balaban J connectivity index is 0.000000187. The number of benzene rings is 2. The molecule has 2 aromatic carbocycles. The first kappa shape index (κ1) is 28.3. The molecule has 5 rings (SSSR count). The summed E-state index contributed by atoms with van der Waals surface area (Å²) < 4.78 is 33.2. The van der Waals surface area contributed by atoms with E-state index in [9.17, 15) is 13.6 Å². The number of hydrogen-bond acceptors (Lipinski definition) is 5.